The molecule has 114 valence electrons. The van der Waals surface area contributed by atoms with Crippen LogP contribution >= 0.6 is 11.8 Å². The van der Waals surface area contributed by atoms with Crippen LogP contribution in [0, 0.1) is 0 Å². The Balaban J connectivity index is 2.00. The maximum Gasteiger partial charge on any atom is 0.321 e. The van der Waals surface area contributed by atoms with Crippen LogP contribution in [0.3, 0.4) is 0 Å². The number of hydrogen-bond acceptors (Lipinski definition) is 5. The van der Waals surface area contributed by atoms with Gasteiger partial charge in [-0.25, -0.2) is 0 Å². The van der Waals surface area contributed by atoms with Crippen molar-refractivity contribution in [2.24, 2.45) is 0 Å². The summed E-state index contributed by atoms with van der Waals surface area (Å²) in [5.74, 6) is -1.29. The lowest BCUT2D eigenvalue weighted by atomic mass is 10.2. The number of β-amino-alcohol motifs (C(OH)–C–C–N with tert-alkyl or cyclic N) is 1. The van der Waals surface area contributed by atoms with Gasteiger partial charge in [-0.15, -0.1) is 11.8 Å². The lowest BCUT2D eigenvalue weighted by Gasteiger charge is -2.20. The number of benzene rings is 1. The first-order valence-electron chi connectivity index (χ1n) is 6.59. The predicted octanol–water partition coefficient (Wildman–Crippen LogP) is 0.867. The van der Waals surface area contributed by atoms with Crippen LogP contribution in [-0.2, 0) is 9.59 Å². The summed E-state index contributed by atoms with van der Waals surface area (Å²) < 4.78 is 0. The van der Waals surface area contributed by atoms with Crippen molar-refractivity contribution < 1.29 is 19.8 Å². The number of aliphatic carboxylic acids is 1. The molecule has 1 aromatic carbocycles. The topological polar surface area (TPSA) is 89.9 Å². The van der Waals surface area contributed by atoms with E-state index in [4.69, 9.17) is 5.11 Å². The van der Waals surface area contributed by atoms with Crippen LogP contribution in [0.15, 0.2) is 29.2 Å². The molecule has 0 saturated carbocycles. The van der Waals surface area contributed by atoms with Crippen molar-refractivity contribution in [1.82, 2.24) is 4.90 Å². The van der Waals surface area contributed by atoms with Gasteiger partial charge in [0.05, 0.1) is 18.3 Å². The van der Waals surface area contributed by atoms with Gasteiger partial charge in [-0.05, 0) is 18.4 Å². The summed E-state index contributed by atoms with van der Waals surface area (Å²) in [5.41, 5.74) is 0.710. The summed E-state index contributed by atoms with van der Waals surface area (Å²) in [4.78, 5) is 25.6. The molecule has 0 radical (unpaired) electrons. The molecule has 0 aromatic heterocycles. The molecule has 1 fully saturated rings. The van der Waals surface area contributed by atoms with Gasteiger partial charge in [0.1, 0.15) is 6.04 Å². The van der Waals surface area contributed by atoms with Gasteiger partial charge >= 0.3 is 5.97 Å². The molecule has 2 rings (SSSR count). The van der Waals surface area contributed by atoms with E-state index in [1.54, 1.807) is 6.07 Å². The van der Waals surface area contributed by atoms with E-state index in [2.05, 4.69) is 5.32 Å². The van der Waals surface area contributed by atoms with Gasteiger partial charge in [0.25, 0.3) is 0 Å². The van der Waals surface area contributed by atoms with Gasteiger partial charge in [-0.3, -0.25) is 14.5 Å². The Labute approximate surface area is 127 Å². The molecule has 0 aliphatic carbocycles. The summed E-state index contributed by atoms with van der Waals surface area (Å²) >= 11 is 1.52. The summed E-state index contributed by atoms with van der Waals surface area (Å²) in [6, 6.07) is 6.62. The van der Waals surface area contributed by atoms with Crippen LogP contribution in [0.1, 0.15) is 6.42 Å². The Morgan fingerprint density at radius 2 is 2.14 bits per heavy atom. The first-order chi connectivity index (χ1) is 10.0. The minimum atomic E-state index is -1.01. The van der Waals surface area contributed by atoms with Gasteiger partial charge < -0.3 is 15.5 Å². The summed E-state index contributed by atoms with van der Waals surface area (Å²) in [7, 11) is 0. The smallest absolute Gasteiger partial charge is 0.321 e. The molecule has 6 nitrogen and oxygen atoms in total. The molecule has 1 heterocycles. The fraction of sp³-hybridized carbons (Fsp3) is 0.429. The minimum absolute atomic E-state index is 0.0449. The number of para-hydroxylation sites is 1. The highest BCUT2D eigenvalue weighted by Crippen LogP contribution is 2.25. The van der Waals surface area contributed by atoms with Crippen molar-refractivity contribution in [3.63, 3.8) is 0 Å². The number of aliphatic hydroxyl groups is 1. The molecule has 1 aliphatic rings. The Morgan fingerprint density at radius 1 is 1.43 bits per heavy atom. The summed E-state index contributed by atoms with van der Waals surface area (Å²) in [5, 5.41) is 21.4. The molecule has 2 unspecified atom stereocenters. The van der Waals surface area contributed by atoms with Crippen LogP contribution in [0.4, 0.5) is 5.69 Å². The van der Waals surface area contributed by atoms with E-state index < -0.39 is 18.1 Å². The van der Waals surface area contributed by atoms with Crippen molar-refractivity contribution in [1.29, 1.82) is 0 Å². The van der Waals surface area contributed by atoms with E-state index in [9.17, 15) is 14.7 Å². The minimum Gasteiger partial charge on any atom is -0.480 e. The second kappa shape index (κ2) is 6.93. The number of carbonyl (C=O) groups excluding carboxylic acids is 1. The molecule has 1 aromatic rings. The van der Waals surface area contributed by atoms with Crippen LogP contribution in [0.2, 0.25) is 0 Å². The Kier molecular flexibility index (Phi) is 5.22. The van der Waals surface area contributed by atoms with E-state index in [0.717, 1.165) is 4.90 Å². The quantitative estimate of drug-likeness (QED) is 0.699. The zero-order chi connectivity index (χ0) is 15.4. The summed E-state index contributed by atoms with van der Waals surface area (Å²) in [6.45, 7) is 0.158. The number of thioether (sulfide) groups is 1. The van der Waals surface area contributed by atoms with Gasteiger partial charge in [0.2, 0.25) is 5.91 Å². The second-order valence-electron chi connectivity index (χ2n) is 4.92. The van der Waals surface area contributed by atoms with Crippen molar-refractivity contribution in [3.8, 4) is 0 Å². The van der Waals surface area contributed by atoms with Crippen LogP contribution in [0.5, 0.6) is 0 Å². The first-order valence-corrected chi connectivity index (χ1v) is 7.81. The monoisotopic (exact) mass is 310 g/mol. The number of rotatable bonds is 5. The zero-order valence-corrected chi connectivity index (χ0v) is 12.5. The Morgan fingerprint density at radius 3 is 2.81 bits per heavy atom. The molecule has 7 heteroatoms. The number of aliphatic hydroxyl groups excluding tert-OH is 1. The number of amides is 1. The largest absolute Gasteiger partial charge is 0.480 e. The van der Waals surface area contributed by atoms with Crippen LogP contribution < -0.4 is 5.32 Å². The average molecular weight is 310 g/mol. The van der Waals surface area contributed by atoms with Crippen LogP contribution in [-0.4, -0.2) is 58.5 Å². The molecule has 3 N–H and O–H groups in total. The number of carboxylic acids is 1. The highest BCUT2D eigenvalue weighted by atomic mass is 32.2. The van der Waals surface area contributed by atoms with E-state index >= 15 is 0 Å². The van der Waals surface area contributed by atoms with E-state index in [1.807, 2.05) is 24.5 Å². The molecule has 0 spiro atoms. The van der Waals surface area contributed by atoms with Gasteiger partial charge in [0, 0.05) is 17.9 Å². The number of likely N-dealkylation sites (tertiary alicyclic amines) is 1. The molecule has 1 aliphatic heterocycles. The van der Waals surface area contributed by atoms with Crippen LogP contribution in [0.25, 0.3) is 0 Å². The number of nitrogens with one attached hydrogen (secondary N) is 1. The zero-order valence-electron chi connectivity index (χ0n) is 11.7. The fourth-order valence-electron chi connectivity index (χ4n) is 2.43. The SMILES string of the molecule is CSc1ccccc1NC(=O)CN1CC(O)CC1C(=O)O. The average Bonchev–Trinajstić information content (AvgIpc) is 2.80. The van der Waals surface area contributed by atoms with E-state index in [1.165, 1.54) is 16.7 Å². The standard InChI is InChI=1S/C14H18N2O4S/c1-21-12-5-3-2-4-10(12)15-13(18)8-16-7-9(17)6-11(16)14(19)20/h2-5,9,11,17H,6-8H2,1H3,(H,15,18)(H,19,20). The molecular formula is C14H18N2O4S. The number of hydrogen-bond donors (Lipinski definition) is 3. The maximum atomic E-state index is 12.1. The molecule has 0 bridgehead atoms. The van der Waals surface area contributed by atoms with Crippen molar-refractivity contribution >= 4 is 29.3 Å². The van der Waals surface area contributed by atoms with Gasteiger partial charge in [-0.1, -0.05) is 12.1 Å². The number of carboxylic acid groups (broad SMARTS) is 1. The Bertz CT molecular complexity index is 537. The number of carbonyl (C=O) groups is 2. The van der Waals surface area contributed by atoms with E-state index in [-0.39, 0.29) is 25.4 Å². The highest BCUT2D eigenvalue weighted by molar-refractivity contribution is 7.98. The third kappa shape index (κ3) is 3.96. The van der Waals surface area contributed by atoms with Gasteiger partial charge in [0.15, 0.2) is 0 Å². The summed E-state index contributed by atoms with van der Waals surface area (Å²) in [6.07, 6.45) is 1.38. The van der Waals surface area contributed by atoms with E-state index in [0.29, 0.717) is 5.69 Å². The lowest BCUT2D eigenvalue weighted by Crippen LogP contribution is -2.41. The Hall–Kier alpha value is -1.57. The first kappa shape index (κ1) is 15.8. The number of nitrogens with zero attached hydrogens (tertiary/aromatic N) is 1. The van der Waals surface area contributed by atoms with Gasteiger partial charge in [-0.2, -0.15) is 0 Å². The number of anilines is 1. The maximum absolute atomic E-state index is 12.1. The molecular weight excluding hydrogens is 292 g/mol. The second-order valence-corrected chi connectivity index (χ2v) is 5.77. The predicted molar refractivity (Wildman–Crippen MR) is 80.5 cm³/mol. The fourth-order valence-corrected chi connectivity index (χ4v) is 2.99. The van der Waals surface area contributed by atoms with Crippen molar-refractivity contribution in [2.45, 2.75) is 23.5 Å². The lowest BCUT2D eigenvalue weighted by molar-refractivity contribution is -0.142. The van der Waals surface area contributed by atoms with Crippen molar-refractivity contribution in [3.05, 3.63) is 24.3 Å². The molecule has 21 heavy (non-hydrogen) atoms. The third-order valence-electron chi connectivity index (χ3n) is 3.39. The molecule has 2 atom stereocenters. The highest BCUT2D eigenvalue weighted by Gasteiger charge is 2.36. The third-order valence-corrected chi connectivity index (χ3v) is 4.19. The molecule has 1 amide bonds. The molecule has 1 saturated heterocycles. The normalized spacial score (nSPS) is 22.2. The van der Waals surface area contributed by atoms with Crippen molar-refractivity contribution in [2.75, 3.05) is 24.7 Å².